The molecule has 3 atom stereocenters. The molecule has 0 radical (unpaired) electrons. The molecule has 0 aliphatic carbocycles. The molecule has 2 aromatic rings. The van der Waals surface area contributed by atoms with E-state index < -0.39 is 5.60 Å². The molecule has 6 rings (SSSR count). The normalized spacial score (nSPS) is 31.8. The van der Waals surface area contributed by atoms with E-state index in [1.807, 2.05) is 30.3 Å². The van der Waals surface area contributed by atoms with Gasteiger partial charge in [0.25, 0.3) is 0 Å². The van der Waals surface area contributed by atoms with Gasteiger partial charge in [-0.1, -0.05) is 36.3 Å². The molecule has 168 valence electrons. The van der Waals surface area contributed by atoms with Crippen LogP contribution in [0.1, 0.15) is 48.9 Å². The molecule has 1 aromatic carbocycles. The van der Waals surface area contributed by atoms with Gasteiger partial charge in [-0.25, -0.2) is 4.98 Å². The number of hydrogen-bond donors (Lipinski definition) is 1. The lowest BCUT2D eigenvalue weighted by Gasteiger charge is -2.54. The molecule has 4 aliphatic rings. The predicted molar refractivity (Wildman–Crippen MR) is 123 cm³/mol. The standard InChI is InChI=1S/C27H32N2O3/c1-2-25-27(30,21-13-15-29(25)16-14-21)23-11-12-26(32-19-22-10-6-7-17-31-22)28-24(23)18-20-8-4-3-5-9-20/h1,3-5,8-9,11-12,21-22,25,30H,6-7,10,13-19H2/t22?,25?,27-/m1/s1. The molecule has 1 N–H and O–H groups in total. The lowest BCUT2D eigenvalue weighted by Crippen LogP contribution is -2.63. The Bertz CT molecular complexity index is 959. The van der Waals surface area contributed by atoms with Gasteiger partial charge in [0.15, 0.2) is 0 Å². The van der Waals surface area contributed by atoms with Gasteiger partial charge in [-0.3, -0.25) is 4.90 Å². The highest BCUT2D eigenvalue weighted by Gasteiger charge is 2.54. The average molecular weight is 433 g/mol. The second kappa shape index (κ2) is 9.23. The molecule has 4 aliphatic heterocycles. The van der Waals surface area contributed by atoms with E-state index in [1.54, 1.807) is 0 Å². The van der Waals surface area contributed by atoms with Crippen LogP contribution in [0.2, 0.25) is 0 Å². The summed E-state index contributed by atoms with van der Waals surface area (Å²) in [5, 5.41) is 12.1. The van der Waals surface area contributed by atoms with Crippen LogP contribution in [0.3, 0.4) is 0 Å². The molecule has 0 saturated carbocycles. The zero-order valence-electron chi connectivity index (χ0n) is 18.6. The van der Waals surface area contributed by atoms with Gasteiger partial charge in [-0.15, -0.1) is 6.42 Å². The van der Waals surface area contributed by atoms with Gasteiger partial charge < -0.3 is 14.6 Å². The topological polar surface area (TPSA) is 54.8 Å². The number of fused-ring (bicyclic) bond motifs is 3. The summed E-state index contributed by atoms with van der Waals surface area (Å²) in [5.41, 5.74) is 1.75. The van der Waals surface area contributed by atoms with Crippen LogP contribution in [0.4, 0.5) is 0 Å². The number of nitrogens with zero attached hydrogens (tertiary/aromatic N) is 2. The highest BCUT2D eigenvalue weighted by molar-refractivity contribution is 5.39. The molecule has 4 saturated heterocycles. The van der Waals surface area contributed by atoms with E-state index in [4.69, 9.17) is 20.9 Å². The Labute approximate surface area is 190 Å². The Morgan fingerprint density at radius 1 is 1.12 bits per heavy atom. The summed E-state index contributed by atoms with van der Waals surface area (Å²) in [6.45, 7) is 3.21. The Kier molecular flexibility index (Phi) is 6.19. The quantitative estimate of drug-likeness (QED) is 0.708. The lowest BCUT2D eigenvalue weighted by molar-refractivity contribution is -0.143. The molecule has 0 amide bonds. The number of aromatic nitrogens is 1. The molecule has 1 aromatic heterocycles. The number of aliphatic hydroxyl groups is 1. The minimum atomic E-state index is -1.09. The van der Waals surface area contributed by atoms with Crippen LogP contribution in [0.15, 0.2) is 42.5 Å². The fraction of sp³-hybridized carbons (Fsp3) is 0.519. The number of ether oxygens (including phenoxy) is 2. The summed E-state index contributed by atoms with van der Waals surface area (Å²) in [5.74, 6) is 3.62. The molecule has 2 unspecified atom stereocenters. The van der Waals surface area contributed by atoms with Crippen molar-refractivity contribution in [2.75, 3.05) is 26.3 Å². The second-order valence-electron chi connectivity index (χ2n) is 9.31. The smallest absolute Gasteiger partial charge is 0.213 e. The SMILES string of the molecule is C#CC1N2CCC(CC2)[C@@]1(O)c1ccc(OCC2CCCCO2)nc1Cc1ccccc1. The molecule has 5 nitrogen and oxygen atoms in total. The number of benzene rings is 1. The summed E-state index contributed by atoms with van der Waals surface area (Å²) in [7, 11) is 0. The fourth-order valence-corrected chi connectivity index (χ4v) is 5.67. The Morgan fingerprint density at radius 2 is 1.94 bits per heavy atom. The van der Waals surface area contributed by atoms with Gasteiger partial charge in [0.05, 0.1) is 11.8 Å². The van der Waals surface area contributed by atoms with Crippen molar-refractivity contribution in [1.29, 1.82) is 0 Å². The fourth-order valence-electron chi connectivity index (χ4n) is 5.67. The van der Waals surface area contributed by atoms with Crippen molar-refractivity contribution >= 4 is 0 Å². The first kappa shape index (κ1) is 21.5. The summed E-state index contributed by atoms with van der Waals surface area (Å²) < 4.78 is 11.8. The summed E-state index contributed by atoms with van der Waals surface area (Å²) in [6.07, 6.45) is 11.9. The largest absolute Gasteiger partial charge is 0.475 e. The first-order valence-electron chi connectivity index (χ1n) is 11.9. The lowest BCUT2D eigenvalue weighted by atomic mass is 9.66. The van der Waals surface area contributed by atoms with Crippen molar-refractivity contribution in [3.05, 3.63) is 59.3 Å². The Hall–Kier alpha value is -2.39. The first-order valence-corrected chi connectivity index (χ1v) is 11.9. The highest BCUT2D eigenvalue weighted by Crippen LogP contribution is 2.47. The predicted octanol–water partition coefficient (Wildman–Crippen LogP) is 3.54. The van der Waals surface area contributed by atoms with E-state index in [2.05, 4.69) is 23.0 Å². The minimum Gasteiger partial charge on any atom is -0.475 e. The van der Waals surface area contributed by atoms with Gasteiger partial charge in [0.1, 0.15) is 18.2 Å². The van der Waals surface area contributed by atoms with Crippen molar-refractivity contribution in [2.24, 2.45) is 5.92 Å². The zero-order valence-corrected chi connectivity index (χ0v) is 18.6. The van der Waals surface area contributed by atoms with Crippen molar-refractivity contribution in [1.82, 2.24) is 9.88 Å². The van der Waals surface area contributed by atoms with E-state index in [9.17, 15) is 5.11 Å². The third kappa shape index (κ3) is 4.03. The van der Waals surface area contributed by atoms with Crippen molar-refractivity contribution < 1.29 is 14.6 Å². The van der Waals surface area contributed by atoms with Crippen LogP contribution in [0.5, 0.6) is 5.88 Å². The number of hydrogen-bond acceptors (Lipinski definition) is 5. The summed E-state index contributed by atoms with van der Waals surface area (Å²) in [4.78, 5) is 7.15. The van der Waals surface area contributed by atoms with Crippen LogP contribution < -0.4 is 4.74 Å². The number of piperidine rings is 3. The van der Waals surface area contributed by atoms with E-state index in [0.717, 1.165) is 62.2 Å². The Morgan fingerprint density at radius 3 is 2.66 bits per heavy atom. The van der Waals surface area contributed by atoms with Gasteiger partial charge in [0.2, 0.25) is 5.88 Å². The third-order valence-electron chi connectivity index (χ3n) is 7.38. The number of pyridine rings is 1. The minimum absolute atomic E-state index is 0.125. The van der Waals surface area contributed by atoms with Gasteiger partial charge in [-0.05, 0) is 62.7 Å². The number of terminal acetylenes is 1. The zero-order chi connectivity index (χ0) is 22.0. The first-order chi connectivity index (χ1) is 15.7. The van der Waals surface area contributed by atoms with E-state index in [-0.39, 0.29) is 18.1 Å². The monoisotopic (exact) mass is 432 g/mol. The van der Waals surface area contributed by atoms with Crippen LogP contribution >= 0.6 is 0 Å². The molecule has 32 heavy (non-hydrogen) atoms. The molecule has 2 bridgehead atoms. The molecular weight excluding hydrogens is 400 g/mol. The maximum Gasteiger partial charge on any atom is 0.213 e. The summed E-state index contributed by atoms with van der Waals surface area (Å²) >= 11 is 0. The van der Waals surface area contributed by atoms with Crippen LogP contribution in [0.25, 0.3) is 0 Å². The van der Waals surface area contributed by atoms with Crippen molar-refractivity contribution in [2.45, 2.75) is 56.3 Å². The molecule has 5 heterocycles. The van der Waals surface area contributed by atoms with E-state index in [0.29, 0.717) is 18.9 Å². The van der Waals surface area contributed by atoms with Crippen LogP contribution in [-0.2, 0) is 16.8 Å². The number of rotatable bonds is 6. The molecule has 0 spiro atoms. The van der Waals surface area contributed by atoms with Crippen LogP contribution in [-0.4, -0.2) is 53.4 Å². The van der Waals surface area contributed by atoms with Gasteiger partial charge in [0, 0.05) is 24.7 Å². The maximum absolute atomic E-state index is 12.1. The van der Waals surface area contributed by atoms with Crippen molar-refractivity contribution in [3.63, 3.8) is 0 Å². The van der Waals surface area contributed by atoms with Gasteiger partial charge >= 0.3 is 0 Å². The van der Waals surface area contributed by atoms with Gasteiger partial charge in [-0.2, -0.15) is 0 Å². The van der Waals surface area contributed by atoms with Crippen molar-refractivity contribution in [3.8, 4) is 18.2 Å². The third-order valence-corrected chi connectivity index (χ3v) is 7.38. The average Bonchev–Trinajstić information content (AvgIpc) is 2.85. The molecule has 4 fully saturated rings. The molecule has 5 heteroatoms. The van der Waals surface area contributed by atoms with E-state index in [1.165, 1.54) is 6.42 Å². The second-order valence-corrected chi connectivity index (χ2v) is 9.31. The summed E-state index contributed by atoms with van der Waals surface area (Å²) in [6, 6.07) is 13.8. The van der Waals surface area contributed by atoms with Crippen LogP contribution in [0, 0.1) is 18.3 Å². The van der Waals surface area contributed by atoms with E-state index >= 15 is 0 Å². The molecular formula is C27H32N2O3. The Balaban J connectivity index is 1.47. The maximum atomic E-state index is 12.1. The highest BCUT2D eigenvalue weighted by atomic mass is 16.5.